The zero-order chi connectivity index (χ0) is 18.0. The summed E-state index contributed by atoms with van der Waals surface area (Å²) >= 11 is 6.41. The van der Waals surface area contributed by atoms with E-state index in [0.29, 0.717) is 14.8 Å². The average Bonchev–Trinajstić information content (AvgIpc) is 2.84. The predicted molar refractivity (Wildman–Crippen MR) is 103 cm³/mol. The number of likely N-dealkylation sites (N-methyl/N-ethyl adjacent to an activating group) is 2. The number of carbonyl (C=O) groups is 2. The molecule has 2 N–H and O–H groups in total. The Bertz CT molecular complexity index is 725. The Kier molecular flexibility index (Phi) is 5.53. The van der Waals surface area contributed by atoms with Crippen LogP contribution in [0.2, 0.25) is 0 Å². The van der Waals surface area contributed by atoms with Gasteiger partial charge in [-0.3, -0.25) is 19.9 Å². The largest absolute Gasteiger partial charge is 0.335 e. The highest BCUT2D eigenvalue weighted by Crippen LogP contribution is 2.31. The molecule has 0 bridgehead atoms. The number of thioether (sulfide) groups is 1. The van der Waals surface area contributed by atoms with Gasteiger partial charge in [-0.25, -0.2) is 5.01 Å². The molecule has 6 nitrogen and oxygen atoms in total. The molecule has 8 heteroatoms. The summed E-state index contributed by atoms with van der Waals surface area (Å²) in [5, 5.41) is 1.97. The Morgan fingerprint density at radius 3 is 2.48 bits per heavy atom. The lowest BCUT2D eigenvalue weighted by molar-refractivity contribution is -0.884. The maximum Gasteiger partial charge on any atom is 0.265 e. The van der Waals surface area contributed by atoms with Crippen LogP contribution in [-0.2, 0) is 4.79 Å². The Morgan fingerprint density at radius 2 is 1.92 bits per heavy atom. The minimum Gasteiger partial charge on any atom is -0.335 e. The molecule has 2 fully saturated rings. The summed E-state index contributed by atoms with van der Waals surface area (Å²) in [7, 11) is 3.83. The van der Waals surface area contributed by atoms with Gasteiger partial charge in [-0.05, 0) is 23.8 Å². The van der Waals surface area contributed by atoms with Crippen molar-refractivity contribution in [3.63, 3.8) is 0 Å². The number of rotatable bonds is 3. The first kappa shape index (κ1) is 18.1. The SMILES string of the molecule is CN1C(=O)/C(=C\c2ccc(C(=O)NN3CC[NH+](C)CC3)cc2)SC1=S. The molecule has 2 heterocycles. The molecule has 2 aliphatic heterocycles. The van der Waals surface area contributed by atoms with Crippen LogP contribution in [0.25, 0.3) is 6.08 Å². The Labute approximate surface area is 156 Å². The third-order valence-corrected chi connectivity index (χ3v) is 5.82. The topological polar surface area (TPSA) is 57.1 Å². The summed E-state index contributed by atoms with van der Waals surface area (Å²) < 4.78 is 0.557. The van der Waals surface area contributed by atoms with Crippen molar-refractivity contribution in [3.05, 3.63) is 40.3 Å². The van der Waals surface area contributed by atoms with E-state index in [-0.39, 0.29) is 11.8 Å². The number of carbonyl (C=O) groups excluding carboxylic acids is 2. The lowest BCUT2D eigenvalue weighted by Crippen LogP contribution is -3.12. The third kappa shape index (κ3) is 4.27. The number of thiocarbonyl (C=S) groups is 1. The van der Waals surface area contributed by atoms with Crippen LogP contribution in [0.1, 0.15) is 15.9 Å². The van der Waals surface area contributed by atoms with Gasteiger partial charge >= 0.3 is 0 Å². The number of hydrazine groups is 1. The maximum atomic E-state index is 12.3. The molecule has 132 valence electrons. The van der Waals surface area contributed by atoms with Crippen LogP contribution >= 0.6 is 24.0 Å². The molecular weight excluding hydrogens is 356 g/mol. The van der Waals surface area contributed by atoms with E-state index in [1.807, 2.05) is 17.1 Å². The van der Waals surface area contributed by atoms with Crippen molar-refractivity contribution in [2.24, 2.45) is 0 Å². The molecular formula is C17H21N4O2S2+. The Balaban J connectivity index is 1.63. The zero-order valence-corrected chi connectivity index (χ0v) is 15.9. The van der Waals surface area contributed by atoms with Crippen molar-refractivity contribution >= 4 is 46.2 Å². The second kappa shape index (κ2) is 7.65. The third-order valence-electron chi connectivity index (χ3n) is 4.33. The molecule has 2 saturated heterocycles. The second-order valence-electron chi connectivity index (χ2n) is 6.25. The fourth-order valence-corrected chi connectivity index (χ4v) is 3.82. The predicted octanol–water partition coefficient (Wildman–Crippen LogP) is -0.00730. The standard InChI is InChI=1S/C17H20N4O2S2/c1-19-7-9-21(10-8-19)18-15(22)13-5-3-12(4-6-13)11-14-16(23)20(2)17(24)25-14/h3-6,11H,7-10H2,1-2H3,(H,18,22)/p+1/b14-11+. The number of amides is 2. The van der Waals surface area contributed by atoms with Gasteiger partial charge in [-0.1, -0.05) is 36.1 Å². The molecule has 2 aliphatic rings. The fraction of sp³-hybridized carbons (Fsp3) is 0.353. The number of quaternary nitrogens is 1. The highest BCUT2D eigenvalue weighted by atomic mass is 32.2. The van der Waals surface area contributed by atoms with Crippen LogP contribution in [0.3, 0.4) is 0 Å². The van der Waals surface area contributed by atoms with E-state index in [2.05, 4.69) is 12.5 Å². The van der Waals surface area contributed by atoms with Gasteiger partial charge in [0.05, 0.1) is 38.1 Å². The van der Waals surface area contributed by atoms with Crippen molar-refractivity contribution in [1.82, 2.24) is 15.3 Å². The first-order chi connectivity index (χ1) is 11.9. The van der Waals surface area contributed by atoms with Gasteiger partial charge in [0.2, 0.25) is 0 Å². The molecule has 1 aromatic rings. The van der Waals surface area contributed by atoms with Gasteiger partial charge in [0, 0.05) is 12.6 Å². The summed E-state index contributed by atoms with van der Waals surface area (Å²) in [5.74, 6) is -0.194. The minimum atomic E-state index is -0.106. The minimum absolute atomic E-state index is 0.0889. The molecule has 0 saturated carbocycles. The van der Waals surface area contributed by atoms with E-state index < -0.39 is 0 Å². The van der Waals surface area contributed by atoms with Gasteiger partial charge in [0.25, 0.3) is 11.8 Å². The average molecular weight is 378 g/mol. The molecule has 0 spiro atoms. The van der Waals surface area contributed by atoms with E-state index in [0.717, 1.165) is 31.7 Å². The lowest BCUT2D eigenvalue weighted by Gasteiger charge is -2.30. The lowest BCUT2D eigenvalue weighted by atomic mass is 10.1. The molecule has 0 unspecified atom stereocenters. The molecule has 25 heavy (non-hydrogen) atoms. The first-order valence-electron chi connectivity index (χ1n) is 8.13. The van der Waals surface area contributed by atoms with Crippen molar-refractivity contribution in [1.29, 1.82) is 0 Å². The molecule has 0 atom stereocenters. The summed E-state index contributed by atoms with van der Waals surface area (Å²) in [6, 6.07) is 7.22. The number of nitrogens with one attached hydrogen (secondary N) is 2. The summed E-state index contributed by atoms with van der Waals surface area (Å²) in [6.07, 6.45) is 1.80. The zero-order valence-electron chi connectivity index (χ0n) is 14.2. The van der Waals surface area contributed by atoms with Gasteiger partial charge in [-0.15, -0.1) is 0 Å². The second-order valence-corrected chi connectivity index (χ2v) is 7.92. The van der Waals surface area contributed by atoms with Crippen molar-refractivity contribution in [2.75, 3.05) is 40.3 Å². The number of benzene rings is 1. The molecule has 2 amide bonds. The van der Waals surface area contributed by atoms with Crippen molar-refractivity contribution in [2.45, 2.75) is 0 Å². The number of piperazine rings is 1. The van der Waals surface area contributed by atoms with Gasteiger partial charge < -0.3 is 4.90 Å². The summed E-state index contributed by atoms with van der Waals surface area (Å²) in [4.78, 5) is 27.9. The molecule has 0 aromatic heterocycles. The van der Waals surface area contributed by atoms with E-state index in [1.165, 1.54) is 21.6 Å². The molecule has 0 aliphatic carbocycles. The van der Waals surface area contributed by atoms with Crippen LogP contribution in [0.15, 0.2) is 29.2 Å². The maximum absolute atomic E-state index is 12.3. The highest BCUT2D eigenvalue weighted by molar-refractivity contribution is 8.26. The van der Waals surface area contributed by atoms with Crippen LogP contribution < -0.4 is 10.3 Å². The summed E-state index contributed by atoms with van der Waals surface area (Å²) in [5.41, 5.74) is 4.42. The molecule has 3 rings (SSSR count). The molecule has 0 radical (unpaired) electrons. The smallest absolute Gasteiger partial charge is 0.265 e. The van der Waals surface area contributed by atoms with E-state index in [9.17, 15) is 9.59 Å². The number of hydrogen-bond donors (Lipinski definition) is 2. The van der Waals surface area contributed by atoms with Crippen LogP contribution in [-0.4, -0.2) is 66.3 Å². The van der Waals surface area contributed by atoms with Crippen molar-refractivity contribution in [3.8, 4) is 0 Å². The van der Waals surface area contributed by atoms with Crippen molar-refractivity contribution < 1.29 is 14.5 Å². The number of hydrogen-bond acceptors (Lipinski definition) is 5. The van der Waals surface area contributed by atoms with Crippen LogP contribution in [0, 0.1) is 0 Å². The normalized spacial score (nSPS) is 21.2. The first-order valence-corrected chi connectivity index (χ1v) is 9.35. The van der Waals surface area contributed by atoms with Gasteiger partial charge in [-0.2, -0.15) is 0 Å². The highest BCUT2D eigenvalue weighted by Gasteiger charge is 2.28. The Morgan fingerprint density at radius 1 is 1.28 bits per heavy atom. The Hall–Kier alpha value is -1.74. The van der Waals surface area contributed by atoms with Gasteiger partial charge in [0.1, 0.15) is 4.32 Å². The van der Waals surface area contributed by atoms with Crippen LogP contribution in [0.5, 0.6) is 0 Å². The van der Waals surface area contributed by atoms with Crippen LogP contribution in [0.4, 0.5) is 0 Å². The summed E-state index contributed by atoms with van der Waals surface area (Å²) in [6.45, 7) is 3.76. The van der Waals surface area contributed by atoms with E-state index in [1.54, 1.807) is 25.3 Å². The van der Waals surface area contributed by atoms with E-state index in [4.69, 9.17) is 12.2 Å². The monoisotopic (exact) mass is 377 g/mol. The number of nitrogens with zero attached hydrogens (tertiary/aromatic N) is 2. The fourth-order valence-electron chi connectivity index (χ4n) is 2.64. The molecule has 1 aromatic carbocycles. The van der Waals surface area contributed by atoms with Gasteiger partial charge in [0.15, 0.2) is 0 Å². The van der Waals surface area contributed by atoms with E-state index >= 15 is 0 Å². The quantitative estimate of drug-likeness (QED) is 0.573.